The van der Waals surface area contributed by atoms with Crippen molar-refractivity contribution in [2.75, 3.05) is 0 Å². The first-order chi connectivity index (χ1) is 8.55. The van der Waals surface area contributed by atoms with Crippen LogP contribution in [0.4, 0.5) is 0 Å². The third kappa shape index (κ3) is 5.25. The molecule has 0 amide bonds. The molecule has 1 heteroatoms. The van der Waals surface area contributed by atoms with Crippen LogP contribution in [0.1, 0.15) is 101 Å². The minimum absolute atomic E-state index is 0.575. The minimum Gasteiger partial charge on any atom is -0.0654 e. The Labute approximate surface area is 125 Å². The Bertz CT molecular complexity index is 208. The normalized spacial score (nSPS) is 14.2. The van der Waals surface area contributed by atoms with Gasteiger partial charge < -0.3 is 0 Å². The summed E-state index contributed by atoms with van der Waals surface area (Å²) in [7, 11) is -0.914. The van der Waals surface area contributed by atoms with E-state index in [-0.39, 0.29) is 0 Å². The molecule has 0 nitrogen and oxygen atoms in total. The fourth-order valence-corrected chi connectivity index (χ4v) is 13.6. The number of rotatable bonds is 9. The van der Waals surface area contributed by atoms with E-state index in [4.69, 9.17) is 0 Å². The standard InChI is InChI=1S/C18H40Si/c1-10-13-16(4,5)19(17(6,7)14-11-2)18(8,9)15-12-3/h19H,10-15H2,1-9H3. The third-order valence-corrected chi connectivity index (χ3v) is 10.6. The summed E-state index contributed by atoms with van der Waals surface area (Å²) < 4.78 is 0. The smallest absolute Gasteiger partial charge is 0.0540 e. The molecule has 19 heavy (non-hydrogen) atoms. The van der Waals surface area contributed by atoms with Crippen molar-refractivity contribution in [2.24, 2.45) is 0 Å². The maximum absolute atomic E-state index is 2.57. The Balaban J connectivity index is 5.49. The molecule has 0 aromatic carbocycles. The van der Waals surface area contributed by atoms with E-state index in [1.807, 2.05) is 0 Å². The highest BCUT2D eigenvalue weighted by molar-refractivity contribution is 6.68. The Kier molecular flexibility index (Phi) is 7.37. The molecule has 0 rings (SSSR count). The van der Waals surface area contributed by atoms with Crippen molar-refractivity contribution in [3.63, 3.8) is 0 Å². The first-order valence-electron chi connectivity index (χ1n) is 8.55. The van der Waals surface area contributed by atoms with E-state index in [0.717, 1.165) is 0 Å². The second kappa shape index (κ2) is 7.29. The van der Waals surface area contributed by atoms with Crippen molar-refractivity contribution in [1.82, 2.24) is 0 Å². The maximum Gasteiger partial charge on any atom is 0.0540 e. The van der Waals surface area contributed by atoms with Gasteiger partial charge in [-0.25, -0.2) is 0 Å². The van der Waals surface area contributed by atoms with Gasteiger partial charge in [-0.15, -0.1) is 0 Å². The molecule has 0 radical (unpaired) electrons. The average Bonchev–Trinajstić information content (AvgIpc) is 2.14. The van der Waals surface area contributed by atoms with Gasteiger partial charge in [0.05, 0.1) is 8.80 Å². The largest absolute Gasteiger partial charge is 0.0654 e. The van der Waals surface area contributed by atoms with E-state index in [2.05, 4.69) is 62.3 Å². The summed E-state index contributed by atoms with van der Waals surface area (Å²) in [5.74, 6) is 0. The third-order valence-electron chi connectivity index (χ3n) is 5.03. The molecule has 0 atom stereocenters. The fraction of sp³-hybridized carbons (Fsp3) is 1.00. The molecule has 0 aliphatic heterocycles. The van der Waals surface area contributed by atoms with Gasteiger partial charge in [-0.3, -0.25) is 0 Å². The lowest BCUT2D eigenvalue weighted by atomic mass is 10.0. The van der Waals surface area contributed by atoms with E-state index in [9.17, 15) is 0 Å². The van der Waals surface area contributed by atoms with E-state index >= 15 is 0 Å². The second-order valence-electron chi connectivity index (χ2n) is 8.65. The summed E-state index contributed by atoms with van der Waals surface area (Å²) in [6.07, 6.45) is 8.22. The summed E-state index contributed by atoms with van der Waals surface area (Å²) >= 11 is 0. The molecule has 0 aromatic heterocycles. The Morgan fingerprint density at radius 2 is 0.737 bits per heavy atom. The van der Waals surface area contributed by atoms with Crippen molar-refractivity contribution >= 4 is 8.80 Å². The molecule has 0 unspecified atom stereocenters. The van der Waals surface area contributed by atoms with Crippen molar-refractivity contribution < 1.29 is 0 Å². The molecule has 0 aromatic rings. The predicted octanol–water partition coefficient (Wildman–Crippen LogP) is 6.95. The molecule has 0 spiro atoms. The van der Waals surface area contributed by atoms with Crippen molar-refractivity contribution in [3.8, 4) is 0 Å². The van der Waals surface area contributed by atoms with Crippen molar-refractivity contribution in [1.29, 1.82) is 0 Å². The van der Waals surface area contributed by atoms with Gasteiger partial charge in [0.2, 0.25) is 0 Å². The molecule has 0 heterocycles. The lowest BCUT2D eigenvalue weighted by Gasteiger charge is -2.52. The van der Waals surface area contributed by atoms with Crippen LogP contribution >= 0.6 is 0 Å². The summed E-state index contributed by atoms with van der Waals surface area (Å²) in [6.45, 7) is 22.5. The molecule has 0 bridgehead atoms. The molecule has 0 saturated carbocycles. The van der Waals surface area contributed by atoms with Gasteiger partial charge >= 0.3 is 0 Å². The highest BCUT2D eigenvalue weighted by Gasteiger charge is 2.48. The molecule has 116 valence electrons. The molecular formula is C18H40Si. The summed E-state index contributed by atoms with van der Waals surface area (Å²) in [4.78, 5) is 0. The van der Waals surface area contributed by atoms with Crippen LogP contribution < -0.4 is 0 Å². The first-order valence-corrected chi connectivity index (χ1v) is 10.3. The monoisotopic (exact) mass is 284 g/mol. The minimum atomic E-state index is -0.914. The Morgan fingerprint density at radius 3 is 0.895 bits per heavy atom. The van der Waals surface area contributed by atoms with Gasteiger partial charge in [-0.2, -0.15) is 0 Å². The van der Waals surface area contributed by atoms with E-state index < -0.39 is 8.80 Å². The predicted molar refractivity (Wildman–Crippen MR) is 94.0 cm³/mol. The zero-order valence-electron chi connectivity index (χ0n) is 15.3. The summed E-state index contributed by atoms with van der Waals surface area (Å²) in [5, 5.41) is 1.73. The Hall–Kier alpha value is 0.217. The molecule has 0 saturated heterocycles. The second-order valence-corrected chi connectivity index (χ2v) is 14.2. The number of hydrogen-bond donors (Lipinski definition) is 0. The molecule has 0 aliphatic rings. The van der Waals surface area contributed by atoms with Crippen LogP contribution in [0.15, 0.2) is 0 Å². The zero-order chi connectivity index (χ0) is 15.3. The number of hydrogen-bond acceptors (Lipinski definition) is 0. The van der Waals surface area contributed by atoms with Crippen LogP contribution in [0.2, 0.25) is 15.1 Å². The van der Waals surface area contributed by atoms with Gasteiger partial charge in [0, 0.05) is 0 Å². The molecule has 0 aliphatic carbocycles. The first kappa shape index (κ1) is 19.2. The summed E-state index contributed by atoms with van der Waals surface area (Å²) in [6, 6.07) is 0. The highest BCUT2D eigenvalue weighted by atomic mass is 28.3. The van der Waals surface area contributed by atoms with Crippen LogP contribution in [0.5, 0.6) is 0 Å². The lowest BCUT2D eigenvalue weighted by Crippen LogP contribution is -2.46. The van der Waals surface area contributed by atoms with Crippen LogP contribution in [-0.4, -0.2) is 8.80 Å². The van der Waals surface area contributed by atoms with Crippen molar-refractivity contribution in [2.45, 2.75) is 116 Å². The van der Waals surface area contributed by atoms with Crippen LogP contribution in [0.25, 0.3) is 0 Å². The quantitative estimate of drug-likeness (QED) is 0.402. The van der Waals surface area contributed by atoms with Crippen LogP contribution in [0, 0.1) is 0 Å². The molecule has 0 fully saturated rings. The average molecular weight is 285 g/mol. The summed E-state index contributed by atoms with van der Waals surface area (Å²) in [5.41, 5.74) is 0. The van der Waals surface area contributed by atoms with Gasteiger partial charge in [-0.1, -0.05) is 101 Å². The molecular weight excluding hydrogens is 244 g/mol. The van der Waals surface area contributed by atoms with Crippen molar-refractivity contribution in [3.05, 3.63) is 0 Å². The van der Waals surface area contributed by atoms with E-state index in [1.165, 1.54) is 38.5 Å². The van der Waals surface area contributed by atoms with Gasteiger partial charge in [0.1, 0.15) is 0 Å². The van der Waals surface area contributed by atoms with E-state index in [1.54, 1.807) is 0 Å². The lowest BCUT2D eigenvalue weighted by molar-refractivity contribution is 0.450. The topological polar surface area (TPSA) is 0 Å². The molecule has 0 N–H and O–H groups in total. The zero-order valence-corrected chi connectivity index (χ0v) is 16.5. The van der Waals surface area contributed by atoms with Gasteiger partial charge in [0.25, 0.3) is 0 Å². The highest BCUT2D eigenvalue weighted by Crippen LogP contribution is 2.58. The van der Waals surface area contributed by atoms with E-state index in [0.29, 0.717) is 15.1 Å². The SMILES string of the molecule is CCCC(C)(C)[SiH](C(C)(C)CCC)C(C)(C)CCC. The Morgan fingerprint density at radius 1 is 0.526 bits per heavy atom. The van der Waals surface area contributed by atoms with Crippen LogP contribution in [-0.2, 0) is 0 Å². The maximum atomic E-state index is 2.57. The van der Waals surface area contributed by atoms with Gasteiger partial charge in [0.15, 0.2) is 0 Å². The fourth-order valence-electron chi connectivity index (χ4n) is 5.54. The van der Waals surface area contributed by atoms with Crippen LogP contribution in [0.3, 0.4) is 0 Å². The van der Waals surface area contributed by atoms with Gasteiger partial charge in [-0.05, 0) is 15.1 Å².